The first kappa shape index (κ1) is 16.7. The van der Waals surface area contributed by atoms with Crippen LogP contribution in [0.1, 0.15) is 38.2 Å². The van der Waals surface area contributed by atoms with E-state index in [9.17, 15) is 9.18 Å². The van der Waals surface area contributed by atoms with Gasteiger partial charge in [-0.1, -0.05) is 6.42 Å². The lowest BCUT2D eigenvalue weighted by atomic mass is 9.98. The molecule has 1 atom stereocenters. The number of hydrogen-bond donors (Lipinski definition) is 1. The highest BCUT2D eigenvalue weighted by molar-refractivity contribution is 5.72. The summed E-state index contributed by atoms with van der Waals surface area (Å²) in [5.41, 5.74) is 0.672. The predicted octanol–water partition coefficient (Wildman–Crippen LogP) is 2.72. The van der Waals surface area contributed by atoms with Gasteiger partial charge in [-0.3, -0.25) is 9.69 Å². The highest BCUT2D eigenvalue weighted by atomic mass is 19.1. The van der Waals surface area contributed by atoms with E-state index in [1.807, 2.05) is 0 Å². The largest absolute Gasteiger partial charge is 0.497 e. The zero-order valence-corrected chi connectivity index (χ0v) is 13.4. The molecule has 0 spiro atoms. The molecule has 1 fully saturated rings. The molecule has 1 aromatic rings. The normalized spacial score (nSPS) is 19.0. The van der Waals surface area contributed by atoms with Crippen molar-refractivity contribution in [2.24, 2.45) is 0 Å². The monoisotopic (exact) mass is 308 g/mol. The van der Waals surface area contributed by atoms with E-state index >= 15 is 0 Å². The fourth-order valence-electron chi connectivity index (χ4n) is 3.03. The number of amides is 1. The maximum absolute atomic E-state index is 14.0. The molecule has 1 unspecified atom stereocenters. The van der Waals surface area contributed by atoms with Crippen LogP contribution in [0.5, 0.6) is 5.75 Å². The van der Waals surface area contributed by atoms with Crippen LogP contribution in [0.15, 0.2) is 18.2 Å². The average molecular weight is 308 g/mol. The summed E-state index contributed by atoms with van der Waals surface area (Å²) in [4.78, 5) is 13.3. The van der Waals surface area contributed by atoms with Gasteiger partial charge in [-0.05, 0) is 44.0 Å². The van der Waals surface area contributed by atoms with Gasteiger partial charge in [0.05, 0.1) is 7.11 Å². The first-order valence-electron chi connectivity index (χ1n) is 7.91. The zero-order valence-electron chi connectivity index (χ0n) is 13.4. The molecule has 0 saturated carbocycles. The van der Waals surface area contributed by atoms with Crippen LogP contribution in [-0.4, -0.2) is 37.0 Å². The van der Waals surface area contributed by atoms with Gasteiger partial charge in [-0.2, -0.15) is 0 Å². The van der Waals surface area contributed by atoms with Crippen molar-refractivity contribution in [1.82, 2.24) is 10.2 Å². The quantitative estimate of drug-likeness (QED) is 0.878. The number of halogens is 1. The molecular formula is C17H25FN2O2. The van der Waals surface area contributed by atoms with Gasteiger partial charge < -0.3 is 10.1 Å². The van der Waals surface area contributed by atoms with Crippen LogP contribution in [0.4, 0.5) is 4.39 Å². The molecule has 1 aliphatic rings. The van der Waals surface area contributed by atoms with Crippen LogP contribution >= 0.6 is 0 Å². The third-order valence-corrected chi connectivity index (χ3v) is 4.23. The van der Waals surface area contributed by atoms with Gasteiger partial charge in [0.2, 0.25) is 5.91 Å². The van der Waals surface area contributed by atoms with Crippen LogP contribution in [0.2, 0.25) is 0 Å². The second-order valence-electron chi connectivity index (χ2n) is 5.85. The lowest BCUT2D eigenvalue weighted by Crippen LogP contribution is -2.41. The lowest BCUT2D eigenvalue weighted by Gasteiger charge is -2.36. The molecule has 22 heavy (non-hydrogen) atoms. The smallest absolute Gasteiger partial charge is 0.216 e. The van der Waals surface area contributed by atoms with E-state index in [1.54, 1.807) is 19.2 Å². The third kappa shape index (κ3) is 4.70. The van der Waals surface area contributed by atoms with Gasteiger partial charge in [-0.25, -0.2) is 4.39 Å². The van der Waals surface area contributed by atoms with Gasteiger partial charge in [0.15, 0.2) is 0 Å². The number of hydrogen-bond acceptors (Lipinski definition) is 3. The van der Waals surface area contributed by atoms with E-state index in [-0.39, 0.29) is 11.7 Å². The fraction of sp³-hybridized carbons (Fsp3) is 0.588. The average Bonchev–Trinajstić information content (AvgIpc) is 2.51. The van der Waals surface area contributed by atoms with Crippen molar-refractivity contribution in [3.63, 3.8) is 0 Å². The molecule has 0 bridgehead atoms. The summed E-state index contributed by atoms with van der Waals surface area (Å²) in [5, 5.41) is 2.85. The van der Waals surface area contributed by atoms with Crippen LogP contribution in [0, 0.1) is 5.82 Å². The van der Waals surface area contributed by atoms with Gasteiger partial charge in [-0.15, -0.1) is 0 Å². The molecule has 0 aliphatic carbocycles. The van der Waals surface area contributed by atoms with E-state index in [1.165, 1.54) is 19.4 Å². The molecule has 1 amide bonds. The van der Waals surface area contributed by atoms with Gasteiger partial charge in [0, 0.05) is 31.6 Å². The lowest BCUT2D eigenvalue weighted by molar-refractivity contribution is -0.119. The molecule has 2 rings (SSSR count). The molecule has 1 N–H and O–H groups in total. The minimum atomic E-state index is -0.188. The Morgan fingerprint density at radius 1 is 1.45 bits per heavy atom. The SMILES string of the molecule is COc1ccc(F)c(CN2CCCCC2CCNC(C)=O)c1. The number of carbonyl (C=O) groups is 1. The number of piperidine rings is 1. The van der Waals surface area contributed by atoms with Crippen molar-refractivity contribution in [2.45, 2.75) is 45.2 Å². The number of carbonyl (C=O) groups excluding carboxylic acids is 1. The Bertz CT molecular complexity index is 507. The summed E-state index contributed by atoms with van der Waals surface area (Å²) in [6, 6.07) is 5.27. The van der Waals surface area contributed by atoms with Gasteiger partial charge >= 0.3 is 0 Å². The van der Waals surface area contributed by atoms with Crippen molar-refractivity contribution < 1.29 is 13.9 Å². The highest BCUT2D eigenvalue weighted by Crippen LogP contribution is 2.24. The van der Waals surface area contributed by atoms with E-state index in [0.29, 0.717) is 30.4 Å². The summed E-state index contributed by atoms with van der Waals surface area (Å²) in [7, 11) is 1.59. The highest BCUT2D eigenvalue weighted by Gasteiger charge is 2.23. The molecule has 4 nitrogen and oxygen atoms in total. The molecule has 1 saturated heterocycles. The summed E-state index contributed by atoms with van der Waals surface area (Å²) in [6.45, 7) is 3.77. The Hall–Kier alpha value is -1.62. The van der Waals surface area contributed by atoms with Gasteiger partial charge in [0.1, 0.15) is 11.6 Å². The Morgan fingerprint density at radius 3 is 3.00 bits per heavy atom. The minimum Gasteiger partial charge on any atom is -0.497 e. The second-order valence-corrected chi connectivity index (χ2v) is 5.85. The minimum absolute atomic E-state index is 0.00111. The molecule has 1 aliphatic heterocycles. The van der Waals surface area contributed by atoms with Crippen molar-refractivity contribution in [3.8, 4) is 5.75 Å². The number of rotatable bonds is 6. The van der Waals surface area contributed by atoms with E-state index in [2.05, 4.69) is 10.2 Å². The summed E-state index contributed by atoms with van der Waals surface area (Å²) in [5.74, 6) is 0.497. The van der Waals surface area contributed by atoms with Crippen molar-refractivity contribution in [2.75, 3.05) is 20.2 Å². The molecule has 1 heterocycles. The van der Waals surface area contributed by atoms with Crippen molar-refractivity contribution in [3.05, 3.63) is 29.6 Å². The first-order chi connectivity index (χ1) is 10.6. The molecule has 0 radical (unpaired) electrons. The zero-order chi connectivity index (χ0) is 15.9. The first-order valence-corrected chi connectivity index (χ1v) is 7.91. The molecule has 0 aromatic heterocycles. The molecular weight excluding hydrogens is 283 g/mol. The maximum Gasteiger partial charge on any atom is 0.216 e. The standard InChI is InChI=1S/C17H25FN2O2/c1-13(21)19-9-8-15-5-3-4-10-20(15)12-14-11-16(22-2)6-7-17(14)18/h6-7,11,15H,3-5,8-10,12H2,1-2H3,(H,19,21). The number of nitrogens with one attached hydrogen (secondary N) is 1. The number of methoxy groups -OCH3 is 1. The van der Waals surface area contributed by atoms with Crippen LogP contribution in [0.3, 0.4) is 0 Å². The molecule has 1 aromatic carbocycles. The predicted molar refractivity (Wildman–Crippen MR) is 84.3 cm³/mol. The number of likely N-dealkylation sites (tertiary alicyclic amines) is 1. The van der Waals surface area contributed by atoms with Crippen molar-refractivity contribution in [1.29, 1.82) is 0 Å². The summed E-state index contributed by atoms with van der Waals surface area (Å²) < 4.78 is 19.2. The topological polar surface area (TPSA) is 41.6 Å². The van der Waals surface area contributed by atoms with E-state index < -0.39 is 0 Å². The van der Waals surface area contributed by atoms with E-state index in [4.69, 9.17) is 4.74 Å². The third-order valence-electron chi connectivity index (χ3n) is 4.23. The Kier molecular flexibility index (Phi) is 6.19. The summed E-state index contributed by atoms with van der Waals surface area (Å²) >= 11 is 0. The Balaban J connectivity index is 2.00. The van der Waals surface area contributed by atoms with Crippen LogP contribution in [0.25, 0.3) is 0 Å². The Labute approximate surface area is 131 Å². The van der Waals surface area contributed by atoms with Gasteiger partial charge in [0.25, 0.3) is 0 Å². The summed E-state index contributed by atoms with van der Waals surface area (Å²) in [6.07, 6.45) is 4.35. The van der Waals surface area contributed by atoms with Crippen LogP contribution in [-0.2, 0) is 11.3 Å². The molecule has 122 valence electrons. The Morgan fingerprint density at radius 2 is 2.27 bits per heavy atom. The number of nitrogens with zero attached hydrogens (tertiary/aromatic N) is 1. The van der Waals surface area contributed by atoms with Crippen LogP contribution < -0.4 is 10.1 Å². The maximum atomic E-state index is 14.0. The number of ether oxygens (including phenoxy) is 1. The van der Waals surface area contributed by atoms with Crippen molar-refractivity contribution >= 4 is 5.91 Å². The fourth-order valence-corrected chi connectivity index (χ4v) is 3.03. The van der Waals surface area contributed by atoms with E-state index in [0.717, 1.165) is 25.8 Å². The second kappa shape index (κ2) is 8.13. The molecule has 5 heteroatoms. The number of benzene rings is 1.